The van der Waals surface area contributed by atoms with Gasteiger partial charge in [-0.15, -0.1) is 0 Å². The Kier molecular flexibility index (Phi) is 5.46. The Morgan fingerprint density at radius 3 is 2.60 bits per heavy atom. The van der Waals surface area contributed by atoms with Crippen LogP contribution in [0.5, 0.6) is 23.0 Å². The quantitative estimate of drug-likeness (QED) is 0.632. The monoisotopic (exact) mass is 407 g/mol. The van der Waals surface area contributed by atoms with E-state index in [-0.39, 0.29) is 6.79 Å². The van der Waals surface area contributed by atoms with Gasteiger partial charge in [0.05, 0.1) is 43.3 Å². The van der Waals surface area contributed by atoms with Crippen molar-refractivity contribution in [2.24, 2.45) is 0 Å². The van der Waals surface area contributed by atoms with Crippen LogP contribution in [0, 0.1) is 11.3 Å². The van der Waals surface area contributed by atoms with Crippen LogP contribution in [0.4, 0.5) is 11.4 Å². The maximum Gasteiger partial charge on any atom is 0.231 e. The molecule has 2 aromatic carbocycles. The second kappa shape index (κ2) is 8.35. The molecule has 0 radical (unpaired) electrons. The predicted molar refractivity (Wildman–Crippen MR) is 111 cm³/mol. The third-order valence-electron chi connectivity index (χ3n) is 4.93. The first-order valence-corrected chi connectivity index (χ1v) is 9.32. The first kappa shape index (κ1) is 19.6. The van der Waals surface area contributed by atoms with Crippen LogP contribution in [0.2, 0.25) is 0 Å². The SMILES string of the molecule is COCCc1ccc(Nc2c(C#N)cnc3cc(OC)c(OC)cc23)c2c1OCO2. The topological polar surface area (TPSA) is 94.9 Å². The first-order chi connectivity index (χ1) is 14.7. The molecule has 0 fully saturated rings. The summed E-state index contributed by atoms with van der Waals surface area (Å²) in [5.41, 5.74) is 3.36. The van der Waals surface area contributed by atoms with Crippen LogP contribution in [-0.2, 0) is 11.2 Å². The largest absolute Gasteiger partial charge is 0.493 e. The van der Waals surface area contributed by atoms with Crippen LogP contribution in [0.25, 0.3) is 10.9 Å². The van der Waals surface area contributed by atoms with Gasteiger partial charge in [0.1, 0.15) is 6.07 Å². The predicted octanol–water partition coefficient (Wildman–Crippen LogP) is 3.78. The minimum absolute atomic E-state index is 0.140. The molecule has 0 spiro atoms. The highest BCUT2D eigenvalue weighted by Gasteiger charge is 2.23. The molecule has 0 bridgehead atoms. The Labute approximate surface area is 173 Å². The highest BCUT2D eigenvalue weighted by Crippen LogP contribution is 2.45. The highest BCUT2D eigenvalue weighted by molar-refractivity contribution is 5.98. The molecule has 1 aliphatic heterocycles. The smallest absolute Gasteiger partial charge is 0.231 e. The lowest BCUT2D eigenvalue weighted by molar-refractivity contribution is 0.172. The van der Waals surface area contributed by atoms with Crippen LogP contribution in [-0.4, -0.2) is 39.7 Å². The van der Waals surface area contributed by atoms with Gasteiger partial charge in [-0.1, -0.05) is 6.07 Å². The van der Waals surface area contributed by atoms with Gasteiger partial charge in [0.15, 0.2) is 23.0 Å². The molecule has 0 atom stereocenters. The van der Waals surface area contributed by atoms with E-state index in [4.69, 9.17) is 23.7 Å². The third-order valence-corrected chi connectivity index (χ3v) is 4.93. The molecule has 1 aliphatic rings. The molecule has 8 heteroatoms. The number of hydrogen-bond donors (Lipinski definition) is 1. The Morgan fingerprint density at radius 1 is 1.10 bits per heavy atom. The van der Waals surface area contributed by atoms with Gasteiger partial charge in [-0.25, -0.2) is 0 Å². The molecule has 1 aromatic heterocycles. The van der Waals surface area contributed by atoms with Gasteiger partial charge in [0.25, 0.3) is 0 Å². The number of benzene rings is 2. The van der Waals surface area contributed by atoms with Crippen LogP contribution < -0.4 is 24.3 Å². The molecule has 0 saturated heterocycles. The zero-order valence-corrected chi connectivity index (χ0v) is 16.9. The molecule has 8 nitrogen and oxygen atoms in total. The van der Waals surface area contributed by atoms with Crippen LogP contribution >= 0.6 is 0 Å². The average Bonchev–Trinajstić information content (AvgIpc) is 3.28. The van der Waals surface area contributed by atoms with Crippen LogP contribution in [0.15, 0.2) is 30.5 Å². The number of anilines is 2. The second-order valence-electron chi connectivity index (χ2n) is 6.59. The molecule has 30 heavy (non-hydrogen) atoms. The summed E-state index contributed by atoms with van der Waals surface area (Å²) in [5, 5.41) is 13.7. The molecular formula is C22H21N3O5. The van der Waals surface area contributed by atoms with Crippen molar-refractivity contribution in [2.75, 3.05) is 40.0 Å². The summed E-state index contributed by atoms with van der Waals surface area (Å²) < 4.78 is 27.4. The fraction of sp³-hybridized carbons (Fsp3) is 0.273. The van der Waals surface area contributed by atoms with E-state index in [0.29, 0.717) is 58.5 Å². The summed E-state index contributed by atoms with van der Waals surface area (Å²) in [6.45, 7) is 0.721. The summed E-state index contributed by atoms with van der Waals surface area (Å²) in [4.78, 5) is 4.39. The number of methoxy groups -OCH3 is 3. The summed E-state index contributed by atoms with van der Waals surface area (Å²) in [6.07, 6.45) is 2.24. The van der Waals surface area contributed by atoms with Gasteiger partial charge >= 0.3 is 0 Å². The van der Waals surface area contributed by atoms with E-state index >= 15 is 0 Å². The fourth-order valence-corrected chi connectivity index (χ4v) is 3.43. The summed E-state index contributed by atoms with van der Waals surface area (Å²) in [6, 6.07) is 9.65. The van der Waals surface area contributed by atoms with Crippen molar-refractivity contribution in [3.05, 3.63) is 41.6 Å². The van der Waals surface area contributed by atoms with Crippen molar-refractivity contribution in [3.8, 4) is 29.1 Å². The minimum Gasteiger partial charge on any atom is -0.493 e. The maximum absolute atomic E-state index is 9.66. The number of nitriles is 1. The molecular weight excluding hydrogens is 386 g/mol. The molecule has 154 valence electrons. The first-order valence-electron chi connectivity index (χ1n) is 9.32. The summed E-state index contributed by atoms with van der Waals surface area (Å²) >= 11 is 0. The molecule has 0 unspecified atom stereocenters. The average molecular weight is 407 g/mol. The second-order valence-corrected chi connectivity index (χ2v) is 6.59. The van der Waals surface area contributed by atoms with Crippen molar-refractivity contribution < 1.29 is 23.7 Å². The molecule has 0 amide bonds. The number of aromatic nitrogens is 1. The van der Waals surface area contributed by atoms with E-state index < -0.39 is 0 Å². The van der Waals surface area contributed by atoms with Gasteiger partial charge in [0.2, 0.25) is 6.79 Å². The fourth-order valence-electron chi connectivity index (χ4n) is 3.43. The molecule has 4 rings (SSSR count). The number of fused-ring (bicyclic) bond motifs is 2. The standard InChI is InChI=1S/C22H21N3O5/c1-26-7-6-13-4-5-16(22-21(13)29-12-30-22)25-20-14(10-23)11-24-17-9-19(28-3)18(27-2)8-15(17)20/h4-5,8-9,11H,6-7,12H2,1-3H3,(H,24,25). The van der Waals surface area contributed by atoms with E-state index in [2.05, 4.69) is 16.4 Å². The number of ether oxygens (including phenoxy) is 5. The number of nitrogens with one attached hydrogen (secondary N) is 1. The van der Waals surface area contributed by atoms with Gasteiger partial charge in [-0.3, -0.25) is 4.98 Å². The Balaban J connectivity index is 1.82. The number of hydrogen-bond acceptors (Lipinski definition) is 8. The molecule has 1 N–H and O–H groups in total. The van der Waals surface area contributed by atoms with Gasteiger partial charge in [-0.05, 0) is 18.6 Å². The lowest BCUT2D eigenvalue weighted by Crippen LogP contribution is -2.00. The summed E-state index contributed by atoms with van der Waals surface area (Å²) in [5.74, 6) is 2.41. The normalized spacial score (nSPS) is 11.9. The molecule has 0 saturated carbocycles. The lowest BCUT2D eigenvalue weighted by Gasteiger charge is -2.16. The van der Waals surface area contributed by atoms with E-state index in [1.807, 2.05) is 12.1 Å². The molecule has 3 aromatic rings. The van der Waals surface area contributed by atoms with Crippen molar-refractivity contribution in [1.29, 1.82) is 5.26 Å². The van der Waals surface area contributed by atoms with Crippen molar-refractivity contribution >= 4 is 22.3 Å². The van der Waals surface area contributed by atoms with Crippen LogP contribution in [0.3, 0.4) is 0 Å². The third kappa shape index (κ3) is 3.40. The summed E-state index contributed by atoms with van der Waals surface area (Å²) in [7, 11) is 4.79. The Morgan fingerprint density at radius 2 is 1.87 bits per heavy atom. The molecule has 0 aliphatic carbocycles. The zero-order valence-electron chi connectivity index (χ0n) is 16.9. The van der Waals surface area contributed by atoms with Crippen molar-refractivity contribution in [1.82, 2.24) is 4.98 Å². The number of pyridine rings is 1. The number of rotatable bonds is 7. The van der Waals surface area contributed by atoms with Gasteiger partial charge < -0.3 is 29.0 Å². The van der Waals surface area contributed by atoms with E-state index in [0.717, 1.165) is 10.9 Å². The maximum atomic E-state index is 9.66. The van der Waals surface area contributed by atoms with E-state index in [9.17, 15) is 5.26 Å². The minimum atomic E-state index is 0.140. The van der Waals surface area contributed by atoms with Crippen molar-refractivity contribution in [2.45, 2.75) is 6.42 Å². The Bertz CT molecular complexity index is 1140. The van der Waals surface area contributed by atoms with Crippen LogP contribution in [0.1, 0.15) is 11.1 Å². The Hall–Kier alpha value is -3.70. The zero-order chi connectivity index (χ0) is 21.1. The lowest BCUT2D eigenvalue weighted by atomic mass is 10.1. The van der Waals surface area contributed by atoms with E-state index in [1.54, 1.807) is 33.5 Å². The van der Waals surface area contributed by atoms with Crippen molar-refractivity contribution in [3.63, 3.8) is 0 Å². The van der Waals surface area contributed by atoms with Gasteiger partial charge in [-0.2, -0.15) is 5.26 Å². The highest BCUT2D eigenvalue weighted by atomic mass is 16.7. The number of nitrogens with zero attached hydrogens (tertiary/aromatic N) is 2. The van der Waals surface area contributed by atoms with Gasteiger partial charge in [0, 0.05) is 30.3 Å². The van der Waals surface area contributed by atoms with E-state index in [1.165, 1.54) is 6.20 Å². The molecule has 2 heterocycles.